The van der Waals surface area contributed by atoms with Gasteiger partial charge in [-0.25, -0.2) is 4.98 Å². The van der Waals surface area contributed by atoms with E-state index in [0.29, 0.717) is 0 Å². The lowest BCUT2D eigenvalue weighted by molar-refractivity contribution is 0.569. The van der Waals surface area contributed by atoms with Gasteiger partial charge in [0.05, 0.1) is 10.7 Å². The van der Waals surface area contributed by atoms with Crippen molar-refractivity contribution in [2.75, 3.05) is 11.9 Å². The molecule has 2 rings (SSSR count). The molecule has 0 aromatic carbocycles. The third-order valence-electron chi connectivity index (χ3n) is 2.14. The summed E-state index contributed by atoms with van der Waals surface area (Å²) in [5.74, 6) is 0.854. The van der Waals surface area contributed by atoms with Crippen molar-refractivity contribution in [2.45, 2.75) is 13.0 Å². The lowest BCUT2D eigenvalue weighted by atomic mass is 10.4. The lowest BCUT2D eigenvalue weighted by Crippen LogP contribution is -2.08. The molecule has 2 aromatic rings. The molecule has 0 aliphatic heterocycles. The first kappa shape index (κ1) is 12.5. The number of nitrogens with one attached hydrogen (secondary N) is 1. The highest BCUT2D eigenvalue weighted by molar-refractivity contribution is 9.11. The summed E-state index contributed by atoms with van der Waals surface area (Å²) in [7, 11) is 0. The minimum absolute atomic E-state index is 0.840. The van der Waals surface area contributed by atoms with Crippen LogP contribution in [0, 0.1) is 0 Å². The summed E-state index contributed by atoms with van der Waals surface area (Å²) in [6.07, 6.45) is 6.27. The van der Waals surface area contributed by atoms with Crippen molar-refractivity contribution in [2.24, 2.45) is 0 Å². The van der Waals surface area contributed by atoms with Crippen LogP contribution >= 0.6 is 31.9 Å². The van der Waals surface area contributed by atoms with Crippen molar-refractivity contribution in [3.63, 3.8) is 0 Å². The monoisotopic (exact) mass is 359 g/mol. The van der Waals surface area contributed by atoms with Crippen LogP contribution in [-0.2, 0) is 6.54 Å². The number of aryl methyl sites for hydroxylation is 1. The van der Waals surface area contributed by atoms with E-state index in [0.717, 1.165) is 34.3 Å². The van der Waals surface area contributed by atoms with Crippen molar-refractivity contribution in [1.29, 1.82) is 0 Å². The number of anilines is 1. The molecule has 0 aliphatic rings. The van der Waals surface area contributed by atoms with Crippen LogP contribution in [0.2, 0.25) is 0 Å². The smallest absolute Gasteiger partial charge is 0.140 e. The predicted octanol–water partition coefficient (Wildman–Crippen LogP) is 2.70. The first-order chi connectivity index (χ1) is 8.25. The van der Waals surface area contributed by atoms with Crippen molar-refractivity contribution in [3.05, 3.63) is 33.6 Å². The number of halogens is 2. The highest BCUT2D eigenvalue weighted by atomic mass is 79.9. The molecular formula is C10H11Br2N5. The number of aromatic nitrogens is 4. The largest absolute Gasteiger partial charge is 0.369 e. The van der Waals surface area contributed by atoms with Crippen molar-refractivity contribution in [1.82, 2.24) is 20.0 Å². The van der Waals surface area contributed by atoms with Gasteiger partial charge in [-0.05, 0) is 44.3 Å². The molecule has 1 N–H and O–H groups in total. The molecule has 0 spiro atoms. The summed E-state index contributed by atoms with van der Waals surface area (Å²) in [5, 5.41) is 10.9. The molecule has 0 atom stereocenters. The maximum Gasteiger partial charge on any atom is 0.140 e. The first-order valence-corrected chi connectivity index (χ1v) is 6.73. The number of rotatable bonds is 5. The van der Waals surface area contributed by atoms with Crippen LogP contribution in [0.25, 0.3) is 0 Å². The Labute approximate surface area is 116 Å². The fourth-order valence-corrected chi connectivity index (χ4v) is 2.47. The molecular weight excluding hydrogens is 350 g/mol. The first-order valence-electron chi connectivity index (χ1n) is 5.15. The quantitative estimate of drug-likeness (QED) is 0.833. The van der Waals surface area contributed by atoms with E-state index in [2.05, 4.69) is 52.5 Å². The molecule has 0 radical (unpaired) electrons. The molecule has 0 amide bonds. The van der Waals surface area contributed by atoms with E-state index in [1.807, 2.05) is 16.9 Å². The number of nitrogens with zero attached hydrogens (tertiary/aromatic N) is 4. The van der Waals surface area contributed by atoms with E-state index in [1.54, 1.807) is 12.4 Å². The number of hydrogen-bond acceptors (Lipinski definition) is 4. The average molecular weight is 361 g/mol. The molecule has 2 aromatic heterocycles. The Hall–Kier alpha value is -0.950. The van der Waals surface area contributed by atoms with Gasteiger partial charge in [-0.1, -0.05) is 5.21 Å². The Morgan fingerprint density at radius 3 is 2.94 bits per heavy atom. The summed E-state index contributed by atoms with van der Waals surface area (Å²) in [6, 6.07) is 1.97. The Morgan fingerprint density at radius 2 is 2.24 bits per heavy atom. The molecule has 5 nitrogen and oxygen atoms in total. The van der Waals surface area contributed by atoms with Gasteiger partial charge in [-0.2, -0.15) is 0 Å². The predicted molar refractivity (Wildman–Crippen MR) is 72.8 cm³/mol. The van der Waals surface area contributed by atoms with Crippen LogP contribution in [0.3, 0.4) is 0 Å². The van der Waals surface area contributed by atoms with Gasteiger partial charge < -0.3 is 5.32 Å². The van der Waals surface area contributed by atoms with Gasteiger partial charge in [-0.15, -0.1) is 5.10 Å². The van der Waals surface area contributed by atoms with Crippen molar-refractivity contribution >= 4 is 37.7 Å². The van der Waals surface area contributed by atoms with E-state index >= 15 is 0 Å². The van der Waals surface area contributed by atoms with E-state index in [1.165, 1.54) is 0 Å². The summed E-state index contributed by atoms with van der Waals surface area (Å²) >= 11 is 6.82. The molecule has 0 saturated carbocycles. The molecule has 90 valence electrons. The van der Waals surface area contributed by atoms with E-state index in [-0.39, 0.29) is 0 Å². The Kier molecular flexibility index (Phi) is 4.49. The third kappa shape index (κ3) is 3.78. The fourth-order valence-electron chi connectivity index (χ4n) is 1.34. The average Bonchev–Trinajstić information content (AvgIpc) is 2.79. The molecule has 0 fully saturated rings. The molecule has 2 heterocycles. The minimum Gasteiger partial charge on any atom is -0.369 e. The van der Waals surface area contributed by atoms with Crippen LogP contribution in [0.1, 0.15) is 6.42 Å². The standard InChI is InChI=1S/C10H11Br2N5/c11-8-6-9(12)10(14-7-8)13-2-1-4-17-5-3-15-16-17/h3,5-7H,1-2,4H2,(H,13,14). The van der Waals surface area contributed by atoms with Crippen LogP contribution < -0.4 is 5.32 Å². The Balaban J connectivity index is 1.78. The van der Waals surface area contributed by atoms with Gasteiger partial charge in [-0.3, -0.25) is 4.68 Å². The van der Waals surface area contributed by atoms with Gasteiger partial charge >= 0.3 is 0 Å². The van der Waals surface area contributed by atoms with E-state index in [9.17, 15) is 0 Å². The zero-order chi connectivity index (χ0) is 12.1. The highest BCUT2D eigenvalue weighted by Crippen LogP contribution is 2.23. The highest BCUT2D eigenvalue weighted by Gasteiger charge is 2.01. The normalized spacial score (nSPS) is 10.5. The van der Waals surface area contributed by atoms with E-state index in [4.69, 9.17) is 0 Å². The van der Waals surface area contributed by atoms with E-state index < -0.39 is 0 Å². The molecule has 0 saturated heterocycles. The van der Waals surface area contributed by atoms with Crippen LogP contribution in [0.5, 0.6) is 0 Å². The van der Waals surface area contributed by atoms with Crippen molar-refractivity contribution in [3.8, 4) is 0 Å². The second-order valence-corrected chi connectivity index (χ2v) is 5.20. The zero-order valence-corrected chi connectivity index (χ0v) is 12.1. The summed E-state index contributed by atoms with van der Waals surface area (Å²) in [6.45, 7) is 1.69. The molecule has 7 heteroatoms. The van der Waals surface area contributed by atoms with Crippen molar-refractivity contribution < 1.29 is 0 Å². The zero-order valence-electron chi connectivity index (χ0n) is 8.98. The van der Waals surface area contributed by atoms with Crippen LogP contribution in [0.15, 0.2) is 33.6 Å². The van der Waals surface area contributed by atoms with Gasteiger partial charge in [0.1, 0.15) is 5.82 Å². The fraction of sp³-hybridized carbons (Fsp3) is 0.300. The number of hydrogen-bond donors (Lipinski definition) is 1. The second-order valence-electron chi connectivity index (χ2n) is 3.43. The summed E-state index contributed by atoms with van der Waals surface area (Å²) in [4.78, 5) is 4.27. The maximum absolute atomic E-state index is 4.27. The van der Waals surface area contributed by atoms with Crippen LogP contribution in [-0.4, -0.2) is 26.5 Å². The topological polar surface area (TPSA) is 55.6 Å². The minimum atomic E-state index is 0.840. The third-order valence-corrected chi connectivity index (χ3v) is 3.17. The summed E-state index contributed by atoms with van der Waals surface area (Å²) < 4.78 is 3.72. The lowest BCUT2D eigenvalue weighted by Gasteiger charge is -2.07. The maximum atomic E-state index is 4.27. The Bertz CT molecular complexity index is 472. The summed E-state index contributed by atoms with van der Waals surface area (Å²) in [5.41, 5.74) is 0. The molecule has 0 unspecified atom stereocenters. The van der Waals surface area contributed by atoms with Gasteiger partial charge in [0, 0.05) is 30.0 Å². The molecule has 0 bridgehead atoms. The molecule has 0 aliphatic carbocycles. The van der Waals surface area contributed by atoms with Crippen LogP contribution in [0.4, 0.5) is 5.82 Å². The molecule has 17 heavy (non-hydrogen) atoms. The number of pyridine rings is 1. The second kappa shape index (κ2) is 6.11. The Morgan fingerprint density at radius 1 is 1.35 bits per heavy atom. The van der Waals surface area contributed by atoms with Gasteiger partial charge in [0.2, 0.25) is 0 Å². The van der Waals surface area contributed by atoms with Gasteiger partial charge in [0.25, 0.3) is 0 Å². The SMILES string of the molecule is Brc1cnc(NCCCn2ccnn2)c(Br)c1. The van der Waals surface area contributed by atoms with Gasteiger partial charge in [0.15, 0.2) is 0 Å².